The van der Waals surface area contributed by atoms with Crippen LogP contribution in [0.15, 0.2) is 47.6 Å². The fourth-order valence-corrected chi connectivity index (χ4v) is 4.94. The van der Waals surface area contributed by atoms with Gasteiger partial charge in [0.25, 0.3) is 5.91 Å². The van der Waals surface area contributed by atoms with E-state index in [0.717, 1.165) is 36.2 Å². The van der Waals surface area contributed by atoms with E-state index in [1.165, 1.54) is 11.3 Å². The second kappa shape index (κ2) is 10.2. The first kappa shape index (κ1) is 26.1. The van der Waals surface area contributed by atoms with Gasteiger partial charge in [0.15, 0.2) is 0 Å². The summed E-state index contributed by atoms with van der Waals surface area (Å²) in [5.41, 5.74) is 4.60. The number of anilines is 1. The Kier molecular flexibility index (Phi) is 7.36. The molecule has 2 heterocycles. The van der Waals surface area contributed by atoms with Crippen LogP contribution >= 0.6 is 12.0 Å². The highest BCUT2D eigenvalue weighted by Crippen LogP contribution is 2.32. The molecule has 2 aromatic carbocycles. The van der Waals surface area contributed by atoms with Crippen LogP contribution in [0.1, 0.15) is 63.9 Å². The van der Waals surface area contributed by atoms with Gasteiger partial charge < -0.3 is 19.0 Å². The molecule has 0 aliphatic carbocycles. The van der Waals surface area contributed by atoms with Crippen molar-refractivity contribution in [2.45, 2.75) is 58.5 Å². The number of hydrogen-bond donors (Lipinski definition) is 1. The Morgan fingerprint density at radius 3 is 2.36 bits per heavy atom. The van der Waals surface area contributed by atoms with Crippen LogP contribution in [0.4, 0.5) is 5.69 Å². The molecule has 36 heavy (non-hydrogen) atoms. The average Bonchev–Trinajstić information content (AvgIpc) is 3.23. The van der Waals surface area contributed by atoms with Crippen molar-refractivity contribution >= 4 is 40.6 Å². The number of nitrogens with zero attached hydrogens (tertiary/aromatic N) is 3. The average molecular weight is 509 g/mol. The molecule has 1 saturated heterocycles. The minimum atomic E-state index is -0.284. The fraction of sp³-hybridized carbons (Fsp3) is 0.464. The highest BCUT2D eigenvalue weighted by molar-refractivity contribution is 7.94. The molecule has 0 saturated carbocycles. The summed E-state index contributed by atoms with van der Waals surface area (Å²) in [6.07, 6.45) is 0.327. The van der Waals surface area contributed by atoms with Gasteiger partial charge >= 0.3 is 5.97 Å². The molecule has 1 N–H and O–H groups in total. The number of aromatic nitrogens is 2. The molecule has 0 radical (unpaired) electrons. The number of carbonyl (C=O) groups is 2. The van der Waals surface area contributed by atoms with Crippen LogP contribution in [-0.2, 0) is 14.4 Å². The summed E-state index contributed by atoms with van der Waals surface area (Å²) < 4.78 is 5.29. The Hall–Kier alpha value is -3.00. The van der Waals surface area contributed by atoms with E-state index in [2.05, 4.69) is 59.9 Å². The van der Waals surface area contributed by atoms with Crippen molar-refractivity contribution in [2.24, 2.45) is 5.41 Å². The molecule has 1 amide bonds. The molecular weight excluding hydrogens is 472 g/mol. The topological polar surface area (TPSA) is 78.5 Å². The van der Waals surface area contributed by atoms with E-state index in [1.807, 2.05) is 43.9 Å². The number of carbonyl (C=O) groups excluding carboxylic acids is 2. The molecule has 8 heteroatoms. The molecule has 3 aromatic rings. The second-order valence-corrected chi connectivity index (χ2v) is 12.3. The van der Waals surface area contributed by atoms with Crippen LogP contribution < -0.4 is 4.90 Å². The van der Waals surface area contributed by atoms with Crippen molar-refractivity contribution in [1.29, 1.82) is 0 Å². The van der Waals surface area contributed by atoms with Gasteiger partial charge in [0, 0.05) is 37.4 Å². The number of amides is 1. The van der Waals surface area contributed by atoms with Gasteiger partial charge in [0.05, 0.1) is 17.5 Å². The molecular formula is C28H36N4O3S. The van der Waals surface area contributed by atoms with E-state index in [1.54, 1.807) is 0 Å². The van der Waals surface area contributed by atoms with Gasteiger partial charge in [-0.3, -0.25) is 9.59 Å². The summed E-state index contributed by atoms with van der Waals surface area (Å²) in [6.45, 7) is 15.6. The van der Waals surface area contributed by atoms with Crippen LogP contribution in [0.5, 0.6) is 0 Å². The van der Waals surface area contributed by atoms with Gasteiger partial charge in [-0.05, 0) is 40.7 Å². The maximum absolute atomic E-state index is 13.3. The lowest BCUT2D eigenvalue weighted by Crippen LogP contribution is -2.49. The Balaban J connectivity index is 1.39. The molecule has 1 fully saturated rings. The smallest absolute Gasteiger partial charge is 0.318 e. The third-order valence-corrected chi connectivity index (χ3v) is 6.84. The normalized spacial score (nSPS) is 14.8. The zero-order chi connectivity index (χ0) is 26.1. The van der Waals surface area contributed by atoms with Gasteiger partial charge in [0.1, 0.15) is 12.0 Å². The first-order valence-electron chi connectivity index (χ1n) is 12.4. The number of H-pyrrole nitrogens is 1. The van der Waals surface area contributed by atoms with E-state index < -0.39 is 0 Å². The van der Waals surface area contributed by atoms with Crippen LogP contribution in [0, 0.1) is 5.41 Å². The van der Waals surface area contributed by atoms with E-state index in [4.69, 9.17) is 4.18 Å². The van der Waals surface area contributed by atoms with Crippen molar-refractivity contribution in [1.82, 2.24) is 14.9 Å². The van der Waals surface area contributed by atoms with Crippen molar-refractivity contribution in [3.63, 3.8) is 0 Å². The summed E-state index contributed by atoms with van der Waals surface area (Å²) in [6, 6.07) is 14.0. The molecule has 1 aliphatic heterocycles. The number of fused-ring (bicyclic) bond motifs is 1. The molecule has 0 spiro atoms. The number of rotatable bonds is 5. The number of imidazole rings is 1. The fourth-order valence-electron chi connectivity index (χ4n) is 4.42. The van der Waals surface area contributed by atoms with E-state index in [-0.39, 0.29) is 22.7 Å². The Morgan fingerprint density at radius 1 is 1.00 bits per heavy atom. The Bertz CT molecular complexity index is 1250. The van der Waals surface area contributed by atoms with Crippen molar-refractivity contribution in [3.05, 3.63) is 53.6 Å². The molecule has 0 bridgehead atoms. The minimum absolute atomic E-state index is 0.0149. The van der Waals surface area contributed by atoms with Crippen LogP contribution in [-0.4, -0.2) is 52.9 Å². The number of aromatic amines is 1. The van der Waals surface area contributed by atoms with Crippen molar-refractivity contribution < 1.29 is 13.8 Å². The number of piperazine rings is 1. The van der Waals surface area contributed by atoms with Gasteiger partial charge in [0.2, 0.25) is 5.16 Å². The van der Waals surface area contributed by atoms with Crippen molar-refractivity contribution in [3.8, 4) is 0 Å². The molecule has 7 nitrogen and oxygen atoms in total. The predicted octanol–water partition coefficient (Wildman–Crippen LogP) is 5.81. The van der Waals surface area contributed by atoms with Gasteiger partial charge in [-0.25, -0.2) is 4.98 Å². The number of hydrogen-bond acceptors (Lipinski definition) is 6. The second-order valence-electron chi connectivity index (χ2n) is 11.6. The lowest BCUT2D eigenvalue weighted by Gasteiger charge is -2.38. The van der Waals surface area contributed by atoms with Crippen LogP contribution in [0.25, 0.3) is 11.0 Å². The standard InChI is InChI=1S/C28H36N4O3S/c1-27(2,3)18-24(33)35-36-26-29-21-12-11-19(17-22(21)30-26)25(34)32-15-13-31(14-16-32)23-10-8-7-9-20(23)28(4,5)6/h7-12,17H,13-16,18H2,1-6H3,(H,29,30). The van der Waals surface area contributed by atoms with E-state index >= 15 is 0 Å². The number of nitrogens with one attached hydrogen (secondary N) is 1. The summed E-state index contributed by atoms with van der Waals surface area (Å²) in [5, 5.41) is 0.489. The van der Waals surface area contributed by atoms with Crippen LogP contribution in [0.3, 0.4) is 0 Å². The first-order chi connectivity index (χ1) is 16.9. The van der Waals surface area contributed by atoms with Crippen molar-refractivity contribution in [2.75, 3.05) is 31.1 Å². The molecule has 192 valence electrons. The summed E-state index contributed by atoms with van der Waals surface area (Å²) in [7, 11) is 0. The summed E-state index contributed by atoms with van der Waals surface area (Å²) in [4.78, 5) is 37.2. The first-order valence-corrected chi connectivity index (χ1v) is 13.2. The summed E-state index contributed by atoms with van der Waals surface area (Å²) >= 11 is 0.921. The van der Waals surface area contributed by atoms with Gasteiger partial charge in [-0.1, -0.05) is 59.7 Å². The third kappa shape index (κ3) is 6.22. The number of benzene rings is 2. The van der Waals surface area contributed by atoms with Gasteiger partial charge in [-0.2, -0.15) is 0 Å². The maximum atomic E-state index is 13.3. The quantitative estimate of drug-likeness (QED) is 0.438. The maximum Gasteiger partial charge on any atom is 0.318 e. The third-order valence-electron chi connectivity index (χ3n) is 6.21. The van der Waals surface area contributed by atoms with Crippen LogP contribution in [0.2, 0.25) is 0 Å². The molecule has 0 atom stereocenters. The SMILES string of the molecule is CC(C)(C)CC(=O)OSc1nc2ccc(C(=O)N3CCN(c4ccccc4C(C)(C)C)CC3)cc2[nH]1. The zero-order valence-corrected chi connectivity index (χ0v) is 22.9. The lowest BCUT2D eigenvalue weighted by molar-refractivity contribution is -0.135. The van der Waals surface area contributed by atoms with E-state index in [0.29, 0.717) is 30.2 Å². The minimum Gasteiger partial charge on any atom is -0.383 e. The molecule has 1 aliphatic rings. The van der Waals surface area contributed by atoms with E-state index in [9.17, 15) is 9.59 Å². The highest BCUT2D eigenvalue weighted by atomic mass is 32.2. The highest BCUT2D eigenvalue weighted by Gasteiger charge is 2.26. The van der Waals surface area contributed by atoms with Gasteiger partial charge in [-0.15, -0.1) is 0 Å². The monoisotopic (exact) mass is 508 g/mol. The molecule has 4 rings (SSSR count). The largest absolute Gasteiger partial charge is 0.383 e. The Labute approximate surface area is 217 Å². The molecule has 0 unspecified atom stereocenters. The summed E-state index contributed by atoms with van der Waals surface area (Å²) in [5.74, 6) is -0.269. The zero-order valence-electron chi connectivity index (χ0n) is 22.1. The number of para-hydroxylation sites is 1. The lowest BCUT2D eigenvalue weighted by atomic mass is 9.85. The predicted molar refractivity (Wildman–Crippen MR) is 145 cm³/mol. The Morgan fingerprint density at radius 2 is 1.69 bits per heavy atom. The molecule has 1 aromatic heterocycles.